The van der Waals surface area contributed by atoms with Gasteiger partial charge < -0.3 is 14.2 Å². The van der Waals surface area contributed by atoms with Gasteiger partial charge >= 0.3 is 6.36 Å². The van der Waals surface area contributed by atoms with Crippen molar-refractivity contribution in [3.8, 4) is 28.6 Å². The van der Waals surface area contributed by atoms with E-state index in [1.54, 1.807) is 12.1 Å². The summed E-state index contributed by atoms with van der Waals surface area (Å²) in [4.78, 5) is 6.27. The van der Waals surface area contributed by atoms with Crippen LogP contribution in [0.4, 0.5) is 24.5 Å². The van der Waals surface area contributed by atoms with Crippen LogP contribution in [0.2, 0.25) is 0 Å². The van der Waals surface area contributed by atoms with Crippen molar-refractivity contribution < 1.29 is 32.8 Å². The lowest BCUT2D eigenvalue weighted by atomic mass is 10.0. The Labute approximate surface area is 181 Å². The number of nitrogens with zero attached hydrogens (tertiary/aromatic N) is 4. The van der Waals surface area contributed by atoms with Gasteiger partial charge in [-0.3, -0.25) is 10.4 Å². The highest BCUT2D eigenvalue weighted by Crippen LogP contribution is 2.37. The molecule has 11 heteroatoms. The molecule has 0 bridgehead atoms. The van der Waals surface area contributed by atoms with E-state index in [4.69, 9.17) is 4.52 Å². The number of hydrogen-bond donors (Lipinski definition) is 2. The number of anilines is 2. The molecule has 2 aromatic carbocycles. The van der Waals surface area contributed by atoms with Gasteiger partial charge in [-0.15, -0.1) is 18.4 Å². The number of benzene rings is 2. The molecule has 1 unspecified atom stereocenters. The standard InChI is InChI=1S/C21H21F3N4O4/c1-13-6-4-5-11-27(13)16-10-9-14(12-17(16)28(29)30)20-25-19(26-32-20)15-7-2-3-8-18(15)31-21(22,23)24/h2-3,7-10,12-13,29-30H,4-6,11H2,1H3. The van der Waals surface area contributed by atoms with Gasteiger partial charge in [-0.1, -0.05) is 17.3 Å². The predicted molar refractivity (Wildman–Crippen MR) is 109 cm³/mol. The molecule has 0 saturated carbocycles. The maximum absolute atomic E-state index is 12.7. The van der Waals surface area contributed by atoms with E-state index in [-0.39, 0.29) is 34.2 Å². The van der Waals surface area contributed by atoms with Crippen LogP contribution in [0.5, 0.6) is 5.75 Å². The van der Waals surface area contributed by atoms with E-state index >= 15 is 0 Å². The Morgan fingerprint density at radius 2 is 1.94 bits per heavy atom. The topological polar surface area (TPSA) is 95.1 Å². The second kappa shape index (κ2) is 8.67. The van der Waals surface area contributed by atoms with Crippen molar-refractivity contribution in [1.82, 2.24) is 10.1 Å². The zero-order valence-corrected chi connectivity index (χ0v) is 17.1. The average molecular weight is 450 g/mol. The van der Waals surface area contributed by atoms with E-state index in [0.717, 1.165) is 31.9 Å². The van der Waals surface area contributed by atoms with Gasteiger partial charge in [-0.2, -0.15) is 4.98 Å². The van der Waals surface area contributed by atoms with Crippen molar-refractivity contribution in [2.75, 3.05) is 16.7 Å². The van der Waals surface area contributed by atoms with Crippen LogP contribution in [0.15, 0.2) is 47.0 Å². The Balaban J connectivity index is 1.67. The number of aromatic nitrogens is 2. The second-order valence-electron chi connectivity index (χ2n) is 7.50. The fourth-order valence-electron chi connectivity index (χ4n) is 3.83. The minimum Gasteiger partial charge on any atom is -0.405 e. The zero-order chi connectivity index (χ0) is 22.9. The first kappa shape index (κ1) is 21.9. The van der Waals surface area contributed by atoms with Crippen LogP contribution in [-0.2, 0) is 0 Å². The fourth-order valence-corrected chi connectivity index (χ4v) is 3.83. The van der Waals surface area contributed by atoms with Gasteiger partial charge in [0.1, 0.15) is 11.4 Å². The molecule has 4 rings (SSSR count). The highest BCUT2D eigenvalue weighted by atomic mass is 19.4. The third-order valence-electron chi connectivity index (χ3n) is 5.33. The SMILES string of the molecule is CC1CCCCN1c1ccc(-c2nc(-c3ccccc3OC(F)(F)F)no2)cc1N(O)O. The molecule has 1 aromatic heterocycles. The van der Waals surface area contributed by atoms with Gasteiger partial charge in [0.05, 0.1) is 11.3 Å². The molecule has 170 valence electrons. The van der Waals surface area contributed by atoms with Crippen LogP contribution in [0, 0.1) is 0 Å². The quantitative estimate of drug-likeness (QED) is 0.508. The number of alkyl halides is 3. The smallest absolute Gasteiger partial charge is 0.405 e. The van der Waals surface area contributed by atoms with Gasteiger partial charge in [0, 0.05) is 18.2 Å². The molecule has 0 aliphatic carbocycles. The highest BCUT2D eigenvalue weighted by Gasteiger charge is 2.33. The van der Waals surface area contributed by atoms with Crippen LogP contribution in [0.3, 0.4) is 0 Å². The molecule has 3 aromatic rings. The highest BCUT2D eigenvalue weighted by molar-refractivity contribution is 5.76. The molecule has 8 nitrogen and oxygen atoms in total. The molecule has 0 amide bonds. The van der Waals surface area contributed by atoms with Crippen LogP contribution < -0.4 is 14.9 Å². The minimum atomic E-state index is -4.87. The second-order valence-corrected chi connectivity index (χ2v) is 7.50. The molecule has 1 fully saturated rings. The summed E-state index contributed by atoms with van der Waals surface area (Å²) in [6, 6.07) is 10.5. The summed E-state index contributed by atoms with van der Waals surface area (Å²) in [6.45, 7) is 2.85. The Hall–Kier alpha value is -3.31. The first-order valence-electron chi connectivity index (χ1n) is 10.0. The number of halogens is 3. The van der Waals surface area contributed by atoms with Gasteiger partial charge in [0.15, 0.2) is 0 Å². The summed E-state index contributed by atoms with van der Waals surface area (Å²) in [7, 11) is 0. The van der Waals surface area contributed by atoms with E-state index in [0.29, 0.717) is 11.3 Å². The lowest BCUT2D eigenvalue weighted by molar-refractivity contribution is -0.274. The van der Waals surface area contributed by atoms with Crippen LogP contribution in [0.1, 0.15) is 26.2 Å². The summed E-state index contributed by atoms with van der Waals surface area (Å²) >= 11 is 0. The average Bonchev–Trinajstić information content (AvgIpc) is 3.23. The molecule has 1 atom stereocenters. The first-order chi connectivity index (χ1) is 15.2. The van der Waals surface area contributed by atoms with Gasteiger partial charge in [-0.25, -0.2) is 0 Å². The van der Waals surface area contributed by atoms with Crippen molar-refractivity contribution in [3.63, 3.8) is 0 Å². The first-order valence-corrected chi connectivity index (χ1v) is 10.0. The summed E-state index contributed by atoms with van der Waals surface area (Å²) in [6.07, 6.45) is -1.78. The summed E-state index contributed by atoms with van der Waals surface area (Å²) in [5, 5.41) is 23.4. The molecule has 0 radical (unpaired) electrons. The van der Waals surface area contributed by atoms with Crippen molar-refractivity contribution in [3.05, 3.63) is 42.5 Å². The van der Waals surface area contributed by atoms with Crippen LogP contribution in [-0.4, -0.2) is 39.5 Å². The fraction of sp³-hybridized carbons (Fsp3) is 0.333. The summed E-state index contributed by atoms with van der Waals surface area (Å²) in [5.74, 6) is -0.553. The zero-order valence-electron chi connectivity index (χ0n) is 17.1. The Morgan fingerprint density at radius 3 is 2.66 bits per heavy atom. The molecular weight excluding hydrogens is 429 g/mol. The minimum absolute atomic E-state index is 0.00292. The van der Waals surface area contributed by atoms with Crippen molar-refractivity contribution >= 4 is 11.4 Å². The van der Waals surface area contributed by atoms with E-state index < -0.39 is 12.1 Å². The van der Waals surface area contributed by atoms with Gasteiger partial charge in [0.25, 0.3) is 5.89 Å². The van der Waals surface area contributed by atoms with E-state index in [9.17, 15) is 23.6 Å². The molecular formula is C21H21F3N4O4. The molecule has 1 aliphatic heterocycles. The normalized spacial score (nSPS) is 16.8. The van der Waals surface area contributed by atoms with E-state index in [1.165, 1.54) is 24.3 Å². The van der Waals surface area contributed by atoms with E-state index in [1.807, 2.05) is 0 Å². The lowest BCUT2D eigenvalue weighted by Crippen LogP contribution is -2.38. The number of para-hydroxylation sites is 1. The van der Waals surface area contributed by atoms with Crippen molar-refractivity contribution in [2.45, 2.75) is 38.6 Å². The number of ether oxygens (including phenoxy) is 1. The molecule has 2 N–H and O–H groups in total. The molecule has 32 heavy (non-hydrogen) atoms. The van der Waals surface area contributed by atoms with Crippen LogP contribution >= 0.6 is 0 Å². The van der Waals surface area contributed by atoms with E-state index in [2.05, 4.69) is 26.7 Å². The lowest BCUT2D eigenvalue weighted by Gasteiger charge is -2.36. The number of rotatable bonds is 5. The molecule has 1 aliphatic rings. The maximum atomic E-state index is 12.7. The monoisotopic (exact) mass is 450 g/mol. The molecule has 1 saturated heterocycles. The Morgan fingerprint density at radius 1 is 1.16 bits per heavy atom. The van der Waals surface area contributed by atoms with Gasteiger partial charge in [-0.05, 0) is 56.5 Å². The number of hydrogen-bond acceptors (Lipinski definition) is 8. The largest absolute Gasteiger partial charge is 0.573 e. The third kappa shape index (κ3) is 4.63. The third-order valence-corrected chi connectivity index (χ3v) is 5.33. The maximum Gasteiger partial charge on any atom is 0.573 e. The van der Waals surface area contributed by atoms with Crippen molar-refractivity contribution in [1.29, 1.82) is 0 Å². The predicted octanol–water partition coefficient (Wildman–Crippen LogP) is 5.27. The Kier molecular flexibility index (Phi) is 5.94. The Bertz CT molecular complexity index is 1090. The van der Waals surface area contributed by atoms with Crippen molar-refractivity contribution in [2.24, 2.45) is 0 Å². The van der Waals surface area contributed by atoms with Crippen LogP contribution in [0.25, 0.3) is 22.8 Å². The van der Waals surface area contributed by atoms with Gasteiger partial charge in [0.2, 0.25) is 5.82 Å². The molecule has 2 heterocycles. The number of piperidine rings is 1. The summed E-state index contributed by atoms with van der Waals surface area (Å²) in [5.41, 5.74) is 1.13. The molecule has 0 spiro atoms. The summed E-state index contributed by atoms with van der Waals surface area (Å²) < 4.78 is 47.4.